The highest BCUT2D eigenvalue weighted by Crippen LogP contribution is 2.22. The lowest BCUT2D eigenvalue weighted by molar-refractivity contribution is 0.0698. The fourth-order valence-corrected chi connectivity index (χ4v) is 3.08. The summed E-state index contributed by atoms with van der Waals surface area (Å²) in [5, 5.41) is 12.9. The van der Waals surface area contributed by atoms with E-state index in [1.54, 1.807) is 13.1 Å². The van der Waals surface area contributed by atoms with E-state index in [4.69, 9.17) is 5.11 Å². The molecule has 0 spiro atoms. The van der Waals surface area contributed by atoms with Crippen molar-refractivity contribution in [3.63, 3.8) is 0 Å². The van der Waals surface area contributed by atoms with Gasteiger partial charge in [0.15, 0.2) is 0 Å². The van der Waals surface area contributed by atoms with E-state index in [1.807, 2.05) is 22.6 Å². The Hall–Kier alpha value is -1.62. The van der Waals surface area contributed by atoms with E-state index in [0.717, 1.165) is 0 Å². The lowest BCUT2D eigenvalue weighted by Gasteiger charge is -2.09. The SMILES string of the molecule is Cn1cc(S(=O)(=O)Nc2ccc(I)cc2C(=O)O)cn1. The van der Waals surface area contributed by atoms with Crippen LogP contribution in [0.3, 0.4) is 0 Å². The number of nitrogens with zero attached hydrogens (tertiary/aromatic N) is 2. The zero-order valence-electron chi connectivity index (χ0n) is 10.2. The molecule has 2 aromatic rings. The van der Waals surface area contributed by atoms with Gasteiger partial charge in [0.2, 0.25) is 0 Å². The Balaban J connectivity index is 2.42. The Morgan fingerprint density at radius 2 is 2.15 bits per heavy atom. The molecule has 0 atom stereocenters. The molecule has 7 nitrogen and oxygen atoms in total. The number of hydrogen-bond acceptors (Lipinski definition) is 4. The fraction of sp³-hybridized carbons (Fsp3) is 0.0909. The van der Waals surface area contributed by atoms with Crippen molar-refractivity contribution in [1.29, 1.82) is 0 Å². The van der Waals surface area contributed by atoms with Crippen molar-refractivity contribution in [3.05, 3.63) is 39.7 Å². The first-order valence-corrected chi connectivity index (χ1v) is 7.90. The molecule has 0 saturated carbocycles. The normalized spacial score (nSPS) is 11.3. The number of aromatic carboxylic acids is 1. The van der Waals surface area contributed by atoms with E-state index in [1.165, 1.54) is 29.2 Å². The first kappa shape index (κ1) is 14.8. The molecule has 106 valence electrons. The predicted octanol–water partition coefficient (Wildman–Crippen LogP) is 1.52. The van der Waals surface area contributed by atoms with Gasteiger partial charge in [-0.15, -0.1) is 0 Å². The number of nitrogens with one attached hydrogen (secondary N) is 1. The van der Waals surface area contributed by atoms with Crippen LogP contribution in [0.1, 0.15) is 10.4 Å². The Bertz CT molecular complexity index is 770. The van der Waals surface area contributed by atoms with Crippen LogP contribution >= 0.6 is 22.6 Å². The summed E-state index contributed by atoms with van der Waals surface area (Å²) in [5.41, 5.74) is -0.0915. The number of benzene rings is 1. The number of aryl methyl sites for hydroxylation is 1. The zero-order valence-corrected chi connectivity index (χ0v) is 13.2. The number of anilines is 1. The quantitative estimate of drug-likeness (QED) is 0.749. The van der Waals surface area contributed by atoms with Gasteiger partial charge in [0.05, 0.1) is 17.4 Å². The molecule has 9 heteroatoms. The summed E-state index contributed by atoms with van der Waals surface area (Å²) in [7, 11) is -2.27. The number of carbonyl (C=O) groups is 1. The number of sulfonamides is 1. The molecular formula is C11H10IN3O4S. The maximum Gasteiger partial charge on any atom is 0.337 e. The van der Waals surface area contributed by atoms with Crippen molar-refractivity contribution in [2.75, 3.05) is 4.72 Å². The summed E-state index contributed by atoms with van der Waals surface area (Å²) >= 11 is 1.95. The topological polar surface area (TPSA) is 101 Å². The molecular weight excluding hydrogens is 397 g/mol. The second-order valence-corrected chi connectivity index (χ2v) is 6.88. The van der Waals surface area contributed by atoms with Crippen molar-refractivity contribution in [2.45, 2.75) is 4.90 Å². The van der Waals surface area contributed by atoms with Crippen LogP contribution in [0.25, 0.3) is 0 Å². The Morgan fingerprint density at radius 1 is 1.45 bits per heavy atom. The van der Waals surface area contributed by atoms with E-state index in [2.05, 4.69) is 9.82 Å². The Morgan fingerprint density at radius 3 is 2.70 bits per heavy atom. The van der Waals surface area contributed by atoms with Gasteiger partial charge in [0.1, 0.15) is 4.90 Å². The number of hydrogen-bond donors (Lipinski definition) is 2. The molecule has 2 rings (SSSR count). The summed E-state index contributed by atoms with van der Waals surface area (Å²) in [6.07, 6.45) is 2.52. The van der Waals surface area contributed by atoms with Crippen LogP contribution in [-0.2, 0) is 17.1 Å². The van der Waals surface area contributed by atoms with Gasteiger partial charge in [-0.2, -0.15) is 5.10 Å². The second-order valence-electron chi connectivity index (χ2n) is 3.95. The average molecular weight is 407 g/mol. The van der Waals surface area contributed by atoms with Crippen LogP contribution in [0.4, 0.5) is 5.69 Å². The number of halogens is 1. The van der Waals surface area contributed by atoms with E-state index < -0.39 is 16.0 Å². The van der Waals surface area contributed by atoms with Gasteiger partial charge in [0, 0.05) is 16.8 Å². The summed E-state index contributed by atoms with van der Waals surface area (Å²) < 4.78 is 28.5. The van der Waals surface area contributed by atoms with Crippen LogP contribution in [0.5, 0.6) is 0 Å². The second kappa shape index (κ2) is 5.40. The van der Waals surface area contributed by atoms with Gasteiger partial charge in [-0.3, -0.25) is 9.40 Å². The van der Waals surface area contributed by atoms with Crippen molar-refractivity contribution in [3.8, 4) is 0 Å². The van der Waals surface area contributed by atoms with Crippen molar-refractivity contribution in [1.82, 2.24) is 9.78 Å². The molecule has 1 aromatic carbocycles. The molecule has 0 amide bonds. The zero-order chi connectivity index (χ0) is 14.9. The lowest BCUT2D eigenvalue weighted by atomic mass is 10.2. The molecule has 2 N–H and O–H groups in total. The highest BCUT2D eigenvalue weighted by molar-refractivity contribution is 14.1. The fourth-order valence-electron chi connectivity index (χ4n) is 1.52. The average Bonchev–Trinajstić information content (AvgIpc) is 2.78. The molecule has 0 saturated heterocycles. The standard InChI is InChI=1S/C11H10IN3O4S/c1-15-6-8(5-13-15)20(18,19)14-10-3-2-7(12)4-9(10)11(16)17/h2-6,14H,1H3,(H,16,17). The van der Waals surface area contributed by atoms with E-state index in [9.17, 15) is 13.2 Å². The summed E-state index contributed by atoms with van der Waals surface area (Å²) in [6, 6.07) is 4.43. The molecule has 20 heavy (non-hydrogen) atoms. The minimum atomic E-state index is -3.86. The molecule has 1 heterocycles. The van der Waals surface area contributed by atoms with Gasteiger partial charge in [0.25, 0.3) is 10.0 Å². The first-order valence-electron chi connectivity index (χ1n) is 5.34. The minimum Gasteiger partial charge on any atom is -0.478 e. The van der Waals surface area contributed by atoms with E-state index >= 15 is 0 Å². The summed E-state index contributed by atoms with van der Waals surface area (Å²) in [6.45, 7) is 0. The minimum absolute atomic E-state index is 0.0155. The lowest BCUT2D eigenvalue weighted by Crippen LogP contribution is -2.15. The molecule has 0 unspecified atom stereocenters. The monoisotopic (exact) mass is 407 g/mol. The van der Waals surface area contributed by atoms with E-state index in [-0.39, 0.29) is 16.1 Å². The maximum absolute atomic E-state index is 12.1. The molecule has 0 fully saturated rings. The largest absolute Gasteiger partial charge is 0.478 e. The Labute approximate surface area is 128 Å². The molecule has 0 aliphatic heterocycles. The molecule has 0 aliphatic carbocycles. The van der Waals surface area contributed by atoms with Crippen molar-refractivity contribution < 1.29 is 18.3 Å². The van der Waals surface area contributed by atoms with Gasteiger partial charge >= 0.3 is 5.97 Å². The van der Waals surface area contributed by atoms with Crippen LogP contribution in [-0.4, -0.2) is 29.3 Å². The highest BCUT2D eigenvalue weighted by Gasteiger charge is 2.20. The van der Waals surface area contributed by atoms with Crippen molar-refractivity contribution in [2.24, 2.45) is 7.05 Å². The third kappa shape index (κ3) is 3.10. The summed E-state index contributed by atoms with van der Waals surface area (Å²) in [4.78, 5) is 11.1. The van der Waals surface area contributed by atoms with Gasteiger partial charge in [-0.25, -0.2) is 13.2 Å². The number of carboxylic acids is 1. The number of aromatic nitrogens is 2. The Kier molecular flexibility index (Phi) is 3.99. The smallest absolute Gasteiger partial charge is 0.337 e. The first-order chi connectivity index (χ1) is 9.29. The van der Waals surface area contributed by atoms with Crippen LogP contribution < -0.4 is 4.72 Å². The van der Waals surface area contributed by atoms with Crippen molar-refractivity contribution >= 4 is 44.3 Å². The third-order valence-corrected chi connectivity index (χ3v) is 4.44. The molecule has 0 bridgehead atoms. The van der Waals surface area contributed by atoms with Gasteiger partial charge in [-0.05, 0) is 40.8 Å². The van der Waals surface area contributed by atoms with Crippen LogP contribution in [0.15, 0.2) is 35.5 Å². The maximum atomic E-state index is 12.1. The molecule has 1 aromatic heterocycles. The predicted molar refractivity (Wildman–Crippen MR) is 80.1 cm³/mol. The van der Waals surface area contributed by atoms with Crippen LogP contribution in [0, 0.1) is 3.57 Å². The molecule has 0 aliphatic rings. The third-order valence-electron chi connectivity index (χ3n) is 2.45. The van der Waals surface area contributed by atoms with Gasteiger partial charge in [-0.1, -0.05) is 0 Å². The highest BCUT2D eigenvalue weighted by atomic mass is 127. The van der Waals surface area contributed by atoms with Gasteiger partial charge < -0.3 is 5.11 Å². The van der Waals surface area contributed by atoms with Crippen LogP contribution in [0.2, 0.25) is 0 Å². The number of carboxylic acid groups (broad SMARTS) is 1. The molecule has 0 radical (unpaired) electrons. The number of rotatable bonds is 4. The van der Waals surface area contributed by atoms with E-state index in [0.29, 0.717) is 3.57 Å². The summed E-state index contributed by atoms with van der Waals surface area (Å²) in [5.74, 6) is -1.20.